The third-order valence-electron chi connectivity index (χ3n) is 3.37. The van der Waals surface area contributed by atoms with Gasteiger partial charge >= 0.3 is 6.55 Å². The first-order valence-electron chi connectivity index (χ1n) is 7.10. The molecule has 2 aromatic rings. The van der Waals surface area contributed by atoms with Crippen LogP contribution in [-0.2, 0) is 6.54 Å². The summed E-state index contributed by atoms with van der Waals surface area (Å²) < 4.78 is 28.4. The smallest absolute Gasteiger partial charge is 0.319 e. The number of amides is 1. The highest BCUT2D eigenvalue weighted by molar-refractivity contribution is 5.93. The molecule has 1 atom stereocenters. The zero-order valence-corrected chi connectivity index (χ0v) is 12.8. The minimum Gasteiger partial charge on any atom is -0.341 e. The van der Waals surface area contributed by atoms with Gasteiger partial charge in [0.1, 0.15) is 17.8 Å². The molecule has 0 aliphatic heterocycles. The van der Waals surface area contributed by atoms with E-state index in [1.807, 2.05) is 6.92 Å². The Labute approximate surface area is 127 Å². The number of hydrogen-bond donors (Lipinski definition) is 1. The highest BCUT2D eigenvalue weighted by Gasteiger charge is 2.22. The number of carbonyl (C=O) groups excluding carboxylic acids is 1. The lowest BCUT2D eigenvalue weighted by molar-refractivity contribution is 0.0614. The number of alkyl halides is 2. The van der Waals surface area contributed by atoms with Crippen LogP contribution in [-0.4, -0.2) is 25.2 Å². The minimum atomic E-state index is -2.75. The van der Waals surface area contributed by atoms with E-state index in [9.17, 15) is 13.6 Å². The average molecular weight is 311 g/mol. The lowest BCUT2D eigenvalue weighted by Crippen LogP contribution is -2.30. The first-order chi connectivity index (χ1) is 10.5. The summed E-state index contributed by atoms with van der Waals surface area (Å²) in [5, 5.41) is 6.78. The molecule has 2 aromatic heterocycles. The molecule has 1 amide bonds. The minimum absolute atomic E-state index is 0.0686. The number of carbonyl (C=O) groups is 1. The molecule has 120 valence electrons. The lowest BCUT2D eigenvalue weighted by atomic mass is 10.3. The van der Waals surface area contributed by atoms with Crippen molar-refractivity contribution < 1.29 is 13.6 Å². The largest absolute Gasteiger partial charge is 0.341 e. The van der Waals surface area contributed by atoms with Crippen molar-refractivity contribution in [3.63, 3.8) is 0 Å². The van der Waals surface area contributed by atoms with Gasteiger partial charge in [-0.05, 0) is 32.4 Å². The van der Waals surface area contributed by atoms with Crippen molar-refractivity contribution in [3.05, 3.63) is 35.7 Å². The molecule has 0 aliphatic rings. The fourth-order valence-corrected chi connectivity index (χ4v) is 2.32. The van der Waals surface area contributed by atoms with E-state index in [1.54, 1.807) is 11.6 Å². The summed E-state index contributed by atoms with van der Waals surface area (Å²) in [4.78, 5) is 16.4. The van der Waals surface area contributed by atoms with Crippen LogP contribution in [0.15, 0.2) is 18.5 Å². The highest BCUT2D eigenvalue weighted by atomic mass is 19.3. The number of hydrogen-bond acceptors (Lipinski definition) is 3. The van der Waals surface area contributed by atoms with E-state index >= 15 is 0 Å². The molecule has 0 spiro atoms. The van der Waals surface area contributed by atoms with Gasteiger partial charge in [0.2, 0.25) is 0 Å². The normalized spacial score (nSPS) is 12.6. The zero-order valence-electron chi connectivity index (χ0n) is 12.8. The van der Waals surface area contributed by atoms with Crippen LogP contribution in [0.3, 0.4) is 0 Å². The number of aryl methyl sites for hydroxylation is 2. The van der Waals surface area contributed by atoms with E-state index in [0.717, 1.165) is 6.42 Å². The Bertz CT molecular complexity index is 649. The molecule has 0 aromatic carbocycles. The van der Waals surface area contributed by atoms with E-state index in [2.05, 4.69) is 15.4 Å². The molecule has 0 fully saturated rings. The summed E-state index contributed by atoms with van der Waals surface area (Å²) in [6.07, 6.45) is 2.30. The molecule has 8 heteroatoms. The van der Waals surface area contributed by atoms with E-state index in [-0.39, 0.29) is 5.69 Å². The summed E-state index contributed by atoms with van der Waals surface area (Å²) in [5.74, 6) is 0.0361. The zero-order chi connectivity index (χ0) is 16.3. The van der Waals surface area contributed by atoms with Gasteiger partial charge in [-0.25, -0.2) is 9.67 Å². The second-order valence-corrected chi connectivity index (χ2v) is 5.04. The maximum absolute atomic E-state index is 13.0. The van der Waals surface area contributed by atoms with Crippen LogP contribution >= 0.6 is 0 Å². The van der Waals surface area contributed by atoms with Gasteiger partial charge in [0.25, 0.3) is 5.91 Å². The first-order valence-corrected chi connectivity index (χ1v) is 7.10. The molecule has 0 radical (unpaired) electrons. The van der Waals surface area contributed by atoms with Crippen molar-refractivity contribution in [1.29, 1.82) is 0 Å². The second kappa shape index (κ2) is 6.67. The molecule has 22 heavy (non-hydrogen) atoms. The Kier molecular flexibility index (Phi) is 4.89. The Morgan fingerprint density at radius 1 is 1.41 bits per heavy atom. The molecular formula is C14H19F2N5O. The molecule has 0 saturated carbocycles. The third-order valence-corrected chi connectivity index (χ3v) is 3.37. The molecule has 0 bridgehead atoms. The van der Waals surface area contributed by atoms with Crippen molar-refractivity contribution in [2.24, 2.45) is 0 Å². The monoisotopic (exact) mass is 311 g/mol. The molecule has 2 rings (SSSR count). The van der Waals surface area contributed by atoms with E-state index < -0.39 is 18.5 Å². The van der Waals surface area contributed by atoms with Crippen molar-refractivity contribution in [2.75, 3.05) is 0 Å². The summed E-state index contributed by atoms with van der Waals surface area (Å²) >= 11 is 0. The maximum atomic E-state index is 13.0. The standard InChI is InChI=1S/C14H19F2N5O/c1-4-7-20-12(17-8-18-20)10(3)19-13(22)11-6-5-9(2)21(11)14(15)16/h5-6,8,10,14H,4,7H2,1-3H3,(H,19,22). The Balaban J connectivity index is 2.16. The number of nitrogens with one attached hydrogen (secondary N) is 1. The number of rotatable bonds is 6. The van der Waals surface area contributed by atoms with Gasteiger partial charge in [-0.1, -0.05) is 6.92 Å². The van der Waals surface area contributed by atoms with Crippen molar-refractivity contribution in [3.8, 4) is 0 Å². The van der Waals surface area contributed by atoms with Crippen LogP contribution in [0.1, 0.15) is 54.9 Å². The van der Waals surface area contributed by atoms with E-state index in [1.165, 1.54) is 25.4 Å². The number of nitrogens with zero attached hydrogens (tertiary/aromatic N) is 4. The van der Waals surface area contributed by atoms with Crippen molar-refractivity contribution in [1.82, 2.24) is 24.6 Å². The van der Waals surface area contributed by atoms with E-state index in [4.69, 9.17) is 0 Å². The average Bonchev–Trinajstić information content (AvgIpc) is 3.05. The topological polar surface area (TPSA) is 64.7 Å². The molecular weight excluding hydrogens is 292 g/mol. The number of halogens is 2. The summed E-state index contributed by atoms with van der Waals surface area (Å²) in [7, 11) is 0. The van der Waals surface area contributed by atoms with Crippen molar-refractivity contribution in [2.45, 2.75) is 46.3 Å². The molecule has 1 unspecified atom stereocenters. The van der Waals surface area contributed by atoms with Gasteiger partial charge < -0.3 is 5.32 Å². The molecule has 1 N–H and O–H groups in total. The molecule has 0 saturated heterocycles. The fourth-order valence-electron chi connectivity index (χ4n) is 2.32. The fraction of sp³-hybridized carbons (Fsp3) is 0.500. The van der Waals surface area contributed by atoms with Gasteiger partial charge in [-0.3, -0.25) is 9.36 Å². The Morgan fingerprint density at radius 3 is 2.77 bits per heavy atom. The second-order valence-electron chi connectivity index (χ2n) is 5.04. The lowest BCUT2D eigenvalue weighted by Gasteiger charge is -2.16. The number of aromatic nitrogens is 4. The summed E-state index contributed by atoms with van der Waals surface area (Å²) in [6.45, 7) is 3.21. The maximum Gasteiger partial charge on any atom is 0.319 e. The Morgan fingerprint density at radius 2 is 2.14 bits per heavy atom. The van der Waals surface area contributed by atoms with Crippen LogP contribution in [0.25, 0.3) is 0 Å². The predicted molar refractivity (Wildman–Crippen MR) is 76.6 cm³/mol. The Hall–Kier alpha value is -2.25. The van der Waals surface area contributed by atoms with Gasteiger partial charge in [0.05, 0.1) is 6.04 Å². The molecule has 6 nitrogen and oxygen atoms in total. The third kappa shape index (κ3) is 3.15. The molecule has 2 heterocycles. The van der Waals surface area contributed by atoms with E-state index in [0.29, 0.717) is 22.6 Å². The summed E-state index contributed by atoms with van der Waals surface area (Å²) in [6, 6.07) is 2.45. The van der Waals surface area contributed by atoms with Gasteiger partial charge in [-0.15, -0.1) is 0 Å². The quantitative estimate of drug-likeness (QED) is 0.892. The van der Waals surface area contributed by atoms with Gasteiger partial charge in [-0.2, -0.15) is 13.9 Å². The first kappa shape index (κ1) is 16.1. The van der Waals surface area contributed by atoms with Crippen LogP contribution in [0, 0.1) is 6.92 Å². The SMILES string of the molecule is CCCn1ncnc1C(C)NC(=O)c1ccc(C)n1C(F)F. The van der Waals surface area contributed by atoms with Crippen LogP contribution in [0.2, 0.25) is 0 Å². The van der Waals surface area contributed by atoms with Gasteiger partial charge in [0.15, 0.2) is 0 Å². The summed E-state index contributed by atoms with van der Waals surface area (Å²) in [5.41, 5.74) is 0.267. The van der Waals surface area contributed by atoms with Crippen LogP contribution in [0.5, 0.6) is 0 Å². The predicted octanol–water partition coefficient (Wildman–Crippen LogP) is 2.68. The highest BCUT2D eigenvalue weighted by Crippen LogP contribution is 2.19. The van der Waals surface area contributed by atoms with Crippen molar-refractivity contribution >= 4 is 5.91 Å². The van der Waals surface area contributed by atoms with Gasteiger partial charge in [0, 0.05) is 12.2 Å². The molecule has 0 aliphatic carbocycles. The van der Waals surface area contributed by atoms with Crippen LogP contribution in [0.4, 0.5) is 8.78 Å². The van der Waals surface area contributed by atoms with Crippen LogP contribution < -0.4 is 5.32 Å².